The van der Waals surface area contributed by atoms with Gasteiger partial charge in [0.05, 0.1) is 6.04 Å². The Kier molecular flexibility index (Phi) is 6.41. The fourth-order valence-corrected chi connectivity index (χ4v) is 4.21. The highest BCUT2D eigenvalue weighted by atomic mass is 16.5. The molecule has 2 aliphatic heterocycles. The summed E-state index contributed by atoms with van der Waals surface area (Å²) in [5, 5.41) is 2.99. The molecule has 0 aliphatic carbocycles. The minimum Gasteiger partial charge on any atom is -0.487 e. The number of para-hydroxylation sites is 1. The van der Waals surface area contributed by atoms with Crippen molar-refractivity contribution in [3.8, 4) is 5.75 Å². The predicted molar refractivity (Wildman–Crippen MR) is 104 cm³/mol. The highest BCUT2D eigenvalue weighted by Crippen LogP contribution is 2.35. The van der Waals surface area contributed by atoms with Crippen molar-refractivity contribution in [1.29, 1.82) is 0 Å². The second-order valence-electron chi connectivity index (χ2n) is 7.81. The van der Waals surface area contributed by atoms with Crippen LogP contribution < -0.4 is 10.1 Å². The summed E-state index contributed by atoms with van der Waals surface area (Å²) in [5.74, 6) is 1.55. The molecule has 2 fully saturated rings. The van der Waals surface area contributed by atoms with Crippen molar-refractivity contribution in [2.75, 3.05) is 26.2 Å². The van der Waals surface area contributed by atoms with Crippen LogP contribution in [0.3, 0.4) is 0 Å². The summed E-state index contributed by atoms with van der Waals surface area (Å²) < 4.78 is 6.29. The lowest BCUT2D eigenvalue weighted by molar-refractivity contribution is -0.0981. The van der Waals surface area contributed by atoms with Gasteiger partial charge < -0.3 is 15.0 Å². The molecule has 1 N–H and O–H groups in total. The molecule has 2 amide bonds. The molecule has 2 aliphatic rings. The Morgan fingerprint density at radius 3 is 2.54 bits per heavy atom. The first kappa shape index (κ1) is 19.0. The molecule has 2 heterocycles. The molecule has 0 aromatic heterocycles. The molecular weight excluding hydrogens is 326 g/mol. The predicted octanol–water partition coefficient (Wildman–Crippen LogP) is 3.36. The molecule has 2 atom stereocenters. The molecule has 2 saturated heterocycles. The van der Waals surface area contributed by atoms with Crippen molar-refractivity contribution < 1.29 is 9.53 Å². The Labute approximate surface area is 157 Å². The number of likely N-dealkylation sites (tertiary alicyclic amines) is 2. The van der Waals surface area contributed by atoms with E-state index in [4.69, 9.17) is 4.74 Å². The highest BCUT2D eigenvalue weighted by molar-refractivity contribution is 5.74. The number of rotatable bonds is 6. The van der Waals surface area contributed by atoms with E-state index < -0.39 is 0 Å². The number of ether oxygens (including phenoxy) is 1. The van der Waals surface area contributed by atoms with Crippen LogP contribution in [0.15, 0.2) is 30.3 Å². The number of amides is 2. The average Bonchev–Trinajstić information content (AvgIpc) is 2.64. The zero-order chi connectivity index (χ0) is 18.5. The van der Waals surface area contributed by atoms with E-state index >= 15 is 0 Å². The van der Waals surface area contributed by atoms with Crippen molar-refractivity contribution >= 4 is 6.03 Å². The van der Waals surface area contributed by atoms with Crippen LogP contribution in [0.1, 0.15) is 40.0 Å². The van der Waals surface area contributed by atoms with Gasteiger partial charge in [-0.3, -0.25) is 4.90 Å². The zero-order valence-electron chi connectivity index (χ0n) is 16.4. The van der Waals surface area contributed by atoms with E-state index in [1.807, 2.05) is 35.2 Å². The van der Waals surface area contributed by atoms with Crippen LogP contribution in [-0.2, 0) is 0 Å². The van der Waals surface area contributed by atoms with Crippen LogP contribution in [0.2, 0.25) is 0 Å². The minimum atomic E-state index is 0.0942. The fraction of sp³-hybridized carbons (Fsp3) is 0.667. The van der Waals surface area contributed by atoms with Gasteiger partial charge in [-0.15, -0.1) is 0 Å². The molecular formula is C21H33N3O2. The highest BCUT2D eigenvalue weighted by Gasteiger charge is 2.47. The second kappa shape index (κ2) is 8.76. The summed E-state index contributed by atoms with van der Waals surface area (Å²) in [4.78, 5) is 16.7. The molecule has 5 heteroatoms. The lowest BCUT2D eigenvalue weighted by Gasteiger charge is -2.54. The second-order valence-corrected chi connectivity index (χ2v) is 7.81. The Balaban J connectivity index is 1.57. The van der Waals surface area contributed by atoms with Gasteiger partial charge >= 0.3 is 6.03 Å². The lowest BCUT2D eigenvalue weighted by atomic mass is 9.79. The third kappa shape index (κ3) is 4.32. The topological polar surface area (TPSA) is 44.8 Å². The van der Waals surface area contributed by atoms with E-state index in [0.29, 0.717) is 18.0 Å². The van der Waals surface area contributed by atoms with Crippen molar-refractivity contribution in [3.63, 3.8) is 0 Å². The van der Waals surface area contributed by atoms with Crippen molar-refractivity contribution in [2.24, 2.45) is 5.92 Å². The summed E-state index contributed by atoms with van der Waals surface area (Å²) in [6.07, 6.45) is 3.35. The number of carbonyl (C=O) groups excluding carboxylic acids is 1. The number of piperidine rings is 1. The number of benzene rings is 1. The van der Waals surface area contributed by atoms with E-state index in [1.165, 1.54) is 0 Å². The summed E-state index contributed by atoms with van der Waals surface area (Å²) >= 11 is 0. The Bertz CT molecular complexity index is 570. The minimum absolute atomic E-state index is 0.0942. The molecule has 2 unspecified atom stereocenters. The van der Waals surface area contributed by atoms with Crippen molar-refractivity contribution in [1.82, 2.24) is 15.1 Å². The van der Waals surface area contributed by atoms with Crippen LogP contribution in [0.4, 0.5) is 4.79 Å². The number of hydrogen-bond donors (Lipinski definition) is 1. The maximum absolute atomic E-state index is 12.2. The summed E-state index contributed by atoms with van der Waals surface area (Å²) in [5.41, 5.74) is 0. The van der Waals surface area contributed by atoms with Gasteiger partial charge in [0.25, 0.3) is 0 Å². The van der Waals surface area contributed by atoms with Crippen LogP contribution >= 0.6 is 0 Å². The summed E-state index contributed by atoms with van der Waals surface area (Å²) in [7, 11) is 0. The number of nitrogens with zero attached hydrogens (tertiary/aromatic N) is 2. The monoisotopic (exact) mass is 359 g/mol. The largest absolute Gasteiger partial charge is 0.487 e. The normalized spacial score (nSPS) is 24.4. The maximum Gasteiger partial charge on any atom is 0.317 e. The number of urea groups is 1. The summed E-state index contributed by atoms with van der Waals surface area (Å²) in [6, 6.07) is 11.2. The molecule has 1 aromatic rings. The molecule has 5 nitrogen and oxygen atoms in total. The first-order chi connectivity index (χ1) is 12.6. The van der Waals surface area contributed by atoms with Gasteiger partial charge in [-0.1, -0.05) is 25.1 Å². The first-order valence-electron chi connectivity index (χ1n) is 10.1. The van der Waals surface area contributed by atoms with Gasteiger partial charge in [0.1, 0.15) is 11.9 Å². The zero-order valence-corrected chi connectivity index (χ0v) is 16.4. The Hall–Kier alpha value is -1.75. The molecule has 144 valence electrons. The third-order valence-electron chi connectivity index (χ3n) is 5.68. The lowest BCUT2D eigenvalue weighted by Crippen LogP contribution is -2.68. The average molecular weight is 360 g/mol. The van der Waals surface area contributed by atoms with E-state index in [1.54, 1.807) is 0 Å². The number of hydrogen-bond acceptors (Lipinski definition) is 3. The fourth-order valence-electron chi connectivity index (χ4n) is 4.21. The van der Waals surface area contributed by atoms with Gasteiger partial charge in [0, 0.05) is 32.2 Å². The van der Waals surface area contributed by atoms with Gasteiger partial charge in [-0.05, 0) is 51.2 Å². The maximum atomic E-state index is 12.2. The first-order valence-corrected chi connectivity index (χ1v) is 10.1. The number of carbonyl (C=O) groups is 1. The Morgan fingerprint density at radius 2 is 1.92 bits per heavy atom. The van der Waals surface area contributed by atoms with Crippen LogP contribution in [0.25, 0.3) is 0 Å². The molecule has 26 heavy (non-hydrogen) atoms. The van der Waals surface area contributed by atoms with Crippen molar-refractivity contribution in [3.05, 3.63) is 30.3 Å². The smallest absolute Gasteiger partial charge is 0.317 e. The third-order valence-corrected chi connectivity index (χ3v) is 5.68. The van der Waals surface area contributed by atoms with Crippen LogP contribution in [0.5, 0.6) is 5.75 Å². The summed E-state index contributed by atoms with van der Waals surface area (Å²) in [6.45, 7) is 10.1. The SMILES string of the molecule is CCCNC(=O)N1CCC(C2C(Oc3ccccc3)CN2C(C)C)CC1. The van der Waals surface area contributed by atoms with E-state index in [2.05, 4.69) is 31.0 Å². The standard InChI is InChI=1S/C21H33N3O2/c1-4-12-22-21(25)23-13-10-17(11-14-23)20-19(15-24(20)16(2)3)26-18-8-6-5-7-9-18/h5-9,16-17,19-20H,4,10-15H2,1-3H3,(H,22,25). The molecule has 0 radical (unpaired) electrons. The molecule has 0 bridgehead atoms. The van der Waals surface area contributed by atoms with Gasteiger partial charge in [-0.25, -0.2) is 4.79 Å². The van der Waals surface area contributed by atoms with Crippen LogP contribution in [0, 0.1) is 5.92 Å². The van der Waals surface area contributed by atoms with E-state index in [-0.39, 0.29) is 12.1 Å². The molecule has 3 rings (SSSR count). The van der Waals surface area contributed by atoms with E-state index in [0.717, 1.165) is 51.2 Å². The molecule has 0 saturated carbocycles. The van der Waals surface area contributed by atoms with E-state index in [9.17, 15) is 4.79 Å². The van der Waals surface area contributed by atoms with Gasteiger partial charge in [-0.2, -0.15) is 0 Å². The Morgan fingerprint density at radius 1 is 1.23 bits per heavy atom. The van der Waals surface area contributed by atoms with Crippen LogP contribution in [-0.4, -0.2) is 60.2 Å². The van der Waals surface area contributed by atoms with Crippen molar-refractivity contribution in [2.45, 2.75) is 58.2 Å². The molecule has 0 spiro atoms. The number of nitrogens with one attached hydrogen (secondary N) is 1. The van der Waals surface area contributed by atoms with Gasteiger partial charge in [0.2, 0.25) is 0 Å². The van der Waals surface area contributed by atoms with Gasteiger partial charge in [0.15, 0.2) is 0 Å². The molecule has 1 aromatic carbocycles. The quantitative estimate of drug-likeness (QED) is 0.847.